The third-order valence-electron chi connectivity index (χ3n) is 5.85. The van der Waals surface area contributed by atoms with Crippen molar-refractivity contribution < 1.29 is 4.79 Å². The van der Waals surface area contributed by atoms with E-state index in [1.54, 1.807) is 24.5 Å². The highest BCUT2D eigenvalue weighted by Crippen LogP contribution is 2.44. The van der Waals surface area contributed by atoms with Gasteiger partial charge in [0.25, 0.3) is 0 Å². The molecule has 0 spiro atoms. The number of hydrogen-bond donors (Lipinski definition) is 3. The first-order chi connectivity index (χ1) is 17.2. The van der Waals surface area contributed by atoms with Crippen LogP contribution in [0.5, 0.6) is 0 Å². The van der Waals surface area contributed by atoms with E-state index in [-0.39, 0.29) is 11.8 Å². The van der Waals surface area contributed by atoms with Crippen LogP contribution in [-0.4, -0.2) is 16.9 Å². The fourth-order valence-corrected chi connectivity index (χ4v) is 4.25. The summed E-state index contributed by atoms with van der Waals surface area (Å²) in [6.45, 7) is 0.361. The summed E-state index contributed by atoms with van der Waals surface area (Å²) in [5, 5.41) is 17.7. The van der Waals surface area contributed by atoms with Gasteiger partial charge in [-0.3, -0.25) is 15.1 Å². The molecule has 0 saturated heterocycles. The van der Waals surface area contributed by atoms with Crippen molar-refractivity contribution in [2.24, 2.45) is 4.99 Å². The Kier molecular flexibility index (Phi) is 6.18. The van der Waals surface area contributed by atoms with Crippen LogP contribution in [0.1, 0.15) is 22.6 Å². The summed E-state index contributed by atoms with van der Waals surface area (Å²) in [5.41, 5.74) is 6.70. The molecule has 0 aliphatic heterocycles. The molecule has 170 valence electrons. The number of amides is 1. The number of aromatic nitrogens is 1. The zero-order valence-corrected chi connectivity index (χ0v) is 18.8. The molecule has 7 heteroatoms. The maximum atomic E-state index is 13.3. The van der Waals surface area contributed by atoms with Crippen LogP contribution in [0.15, 0.2) is 102 Å². The maximum absolute atomic E-state index is 13.3. The molecule has 0 unspecified atom stereocenters. The van der Waals surface area contributed by atoms with Gasteiger partial charge in [-0.05, 0) is 52.1 Å². The summed E-state index contributed by atoms with van der Waals surface area (Å²) in [5.74, 6) is -0.0598. The number of carbonyl (C=O) groups is 1. The van der Waals surface area contributed by atoms with E-state index < -0.39 is 0 Å². The molecule has 3 N–H and O–H groups in total. The van der Waals surface area contributed by atoms with Crippen molar-refractivity contribution in [3.63, 3.8) is 0 Å². The van der Waals surface area contributed by atoms with E-state index in [9.17, 15) is 4.79 Å². The first-order valence-electron chi connectivity index (χ1n) is 11.2. The monoisotopic (exact) mass is 458 g/mol. The Morgan fingerprint density at radius 1 is 0.829 bits per heavy atom. The third kappa shape index (κ3) is 4.72. The number of anilines is 2. The number of carbonyl (C=O) groups excluding carboxylic acids is 1. The Bertz CT molecular complexity index is 1380. The molecule has 1 heterocycles. The SMILES string of the molecule is N#CNC(=NCc1ccc(NC(=O)C2c3ccccc3-c3ccccc32)cc1)Nc1ccncc1. The highest BCUT2D eigenvalue weighted by Gasteiger charge is 2.33. The summed E-state index contributed by atoms with van der Waals surface area (Å²) >= 11 is 0. The van der Waals surface area contributed by atoms with E-state index >= 15 is 0 Å². The van der Waals surface area contributed by atoms with Crippen molar-refractivity contribution >= 4 is 23.2 Å². The molecule has 0 bridgehead atoms. The van der Waals surface area contributed by atoms with Crippen LogP contribution in [0.4, 0.5) is 11.4 Å². The zero-order valence-electron chi connectivity index (χ0n) is 18.8. The number of nitrogens with one attached hydrogen (secondary N) is 3. The molecule has 1 aromatic heterocycles. The Morgan fingerprint density at radius 3 is 2.06 bits per heavy atom. The van der Waals surface area contributed by atoms with Gasteiger partial charge >= 0.3 is 0 Å². The minimum Gasteiger partial charge on any atom is -0.325 e. The highest BCUT2D eigenvalue weighted by atomic mass is 16.1. The maximum Gasteiger partial charge on any atom is 0.236 e. The molecule has 1 amide bonds. The second-order valence-corrected chi connectivity index (χ2v) is 8.06. The average Bonchev–Trinajstić information content (AvgIpc) is 3.23. The first-order valence-corrected chi connectivity index (χ1v) is 11.2. The topological polar surface area (TPSA) is 102 Å². The Hall–Kier alpha value is -4.96. The number of guanidine groups is 1. The highest BCUT2D eigenvalue weighted by molar-refractivity contribution is 6.03. The lowest BCUT2D eigenvalue weighted by Gasteiger charge is -2.14. The number of benzene rings is 3. The number of pyridine rings is 1. The first kappa shape index (κ1) is 21.9. The van der Waals surface area contributed by atoms with Crippen LogP contribution in [0.2, 0.25) is 0 Å². The predicted octanol–water partition coefficient (Wildman–Crippen LogP) is 4.87. The molecule has 1 aliphatic rings. The summed E-state index contributed by atoms with van der Waals surface area (Å²) in [6.07, 6.45) is 5.20. The number of rotatable bonds is 5. The molecule has 0 atom stereocenters. The van der Waals surface area contributed by atoms with Gasteiger partial charge < -0.3 is 10.6 Å². The molecule has 3 aromatic carbocycles. The van der Waals surface area contributed by atoms with Crippen LogP contribution in [0.3, 0.4) is 0 Å². The minimum absolute atomic E-state index is 0.0600. The molecule has 7 nitrogen and oxygen atoms in total. The molecule has 1 aliphatic carbocycles. The Labute approximate surface area is 203 Å². The molecule has 0 saturated carbocycles. The number of hydrogen-bond acceptors (Lipinski definition) is 4. The van der Waals surface area contributed by atoms with Gasteiger partial charge in [0.1, 0.15) is 0 Å². The molecule has 0 fully saturated rings. The lowest BCUT2D eigenvalue weighted by molar-refractivity contribution is -0.116. The number of aliphatic imine (C=N–C) groups is 1. The molecule has 35 heavy (non-hydrogen) atoms. The summed E-state index contributed by atoms with van der Waals surface area (Å²) < 4.78 is 0. The molecular formula is C28H22N6O. The zero-order chi connectivity index (χ0) is 24.0. The lowest BCUT2D eigenvalue weighted by atomic mass is 9.96. The quantitative estimate of drug-likeness (QED) is 0.171. The van der Waals surface area contributed by atoms with Gasteiger partial charge in [0.05, 0.1) is 12.5 Å². The molecule has 5 rings (SSSR count). The van der Waals surface area contributed by atoms with Crippen molar-refractivity contribution in [3.8, 4) is 17.3 Å². The lowest BCUT2D eigenvalue weighted by Crippen LogP contribution is -2.26. The van der Waals surface area contributed by atoms with Gasteiger partial charge in [-0.1, -0.05) is 60.7 Å². The van der Waals surface area contributed by atoms with Gasteiger partial charge in [-0.25, -0.2) is 4.99 Å². The van der Waals surface area contributed by atoms with E-state index in [1.807, 2.05) is 66.9 Å². The molecule has 0 radical (unpaired) electrons. The van der Waals surface area contributed by atoms with Crippen LogP contribution in [-0.2, 0) is 11.3 Å². The summed E-state index contributed by atoms with van der Waals surface area (Å²) in [4.78, 5) is 21.7. The Morgan fingerprint density at radius 2 is 1.43 bits per heavy atom. The van der Waals surface area contributed by atoms with Crippen molar-refractivity contribution in [1.82, 2.24) is 10.3 Å². The van der Waals surface area contributed by atoms with Crippen LogP contribution in [0.25, 0.3) is 11.1 Å². The summed E-state index contributed by atoms with van der Waals surface area (Å²) in [6, 6.07) is 27.2. The van der Waals surface area contributed by atoms with Crippen LogP contribution < -0.4 is 16.0 Å². The van der Waals surface area contributed by atoms with E-state index in [4.69, 9.17) is 5.26 Å². The predicted molar refractivity (Wildman–Crippen MR) is 137 cm³/mol. The van der Waals surface area contributed by atoms with E-state index in [1.165, 1.54) is 0 Å². The normalized spacial score (nSPS) is 12.3. The van der Waals surface area contributed by atoms with Gasteiger partial charge in [-0.15, -0.1) is 0 Å². The fraction of sp³-hybridized carbons (Fsp3) is 0.0714. The second-order valence-electron chi connectivity index (χ2n) is 8.06. The van der Waals surface area contributed by atoms with E-state index in [0.717, 1.165) is 39.2 Å². The third-order valence-corrected chi connectivity index (χ3v) is 5.85. The van der Waals surface area contributed by atoms with Crippen LogP contribution in [0, 0.1) is 11.5 Å². The van der Waals surface area contributed by atoms with Crippen molar-refractivity contribution in [1.29, 1.82) is 5.26 Å². The smallest absolute Gasteiger partial charge is 0.236 e. The molecule has 4 aromatic rings. The number of nitriles is 1. The van der Waals surface area contributed by atoms with E-state index in [2.05, 4.69) is 38.1 Å². The fourth-order valence-electron chi connectivity index (χ4n) is 4.25. The average molecular weight is 459 g/mol. The van der Waals surface area contributed by atoms with Crippen molar-refractivity contribution in [3.05, 3.63) is 114 Å². The Balaban J connectivity index is 1.28. The molecular weight excluding hydrogens is 436 g/mol. The number of fused-ring (bicyclic) bond motifs is 3. The second kappa shape index (κ2) is 9.89. The standard InChI is InChI=1S/C28H22N6O/c29-18-32-28(34-21-13-15-30-16-14-21)31-17-19-9-11-20(12-10-19)33-27(35)26-24-7-3-1-5-22(24)23-6-2-4-8-25(23)26/h1-16,26H,17H2,(H,33,35)(H2,30,31,32,34). The van der Waals surface area contributed by atoms with Gasteiger partial charge in [0.15, 0.2) is 6.19 Å². The van der Waals surface area contributed by atoms with Crippen molar-refractivity contribution in [2.75, 3.05) is 10.6 Å². The minimum atomic E-state index is -0.342. The van der Waals surface area contributed by atoms with E-state index in [0.29, 0.717) is 12.5 Å². The largest absolute Gasteiger partial charge is 0.325 e. The van der Waals surface area contributed by atoms with Gasteiger partial charge in [0, 0.05) is 23.8 Å². The summed E-state index contributed by atoms with van der Waals surface area (Å²) in [7, 11) is 0. The number of nitrogens with zero attached hydrogens (tertiary/aromatic N) is 3. The van der Waals surface area contributed by atoms with Gasteiger partial charge in [0.2, 0.25) is 11.9 Å². The van der Waals surface area contributed by atoms with Gasteiger partial charge in [-0.2, -0.15) is 5.26 Å². The van der Waals surface area contributed by atoms with Crippen molar-refractivity contribution in [2.45, 2.75) is 12.5 Å². The van der Waals surface area contributed by atoms with Crippen LogP contribution >= 0.6 is 0 Å².